The maximum absolute atomic E-state index is 12.8. The SMILES string of the molecule is COc1cc(/C=N\NC(=O)c2ccc(Cl)cc2)cc(Br)c1OS(=O)(=O)c1ccc(NC(C)=O)cc1. The fraction of sp³-hybridized carbons (Fsp3) is 0.0870. The van der Waals surface area contributed by atoms with Crippen LogP contribution in [0.2, 0.25) is 5.02 Å². The average Bonchev–Trinajstić information content (AvgIpc) is 2.81. The number of nitrogens with one attached hydrogen (secondary N) is 2. The lowest BCUT2D eigenvalue weighted by atomic mass is 10.2. The molecule has 3 aromatic rings. The van der Waals surface area contributed by atoms with Crippen LogP contribution in [0, 0.1) is 0 Å². The second-order valence-corrected chi connectivity index (χ2v) is 9.82. The third kappa shape index (κ3) is 7.04. The molecule has 2 amide bonds. The Morgan fingerprint density at radius 1 is 1.06 bits per heavy atom. The van der Waals surface area contributed by atoms with Crippen molar-refractivity contribution in [2.45, 2.75) is 11.8 Å². The van der Waals surface area contributed by atoms with E-state index < -0.39 is 16.0 Å². The van der Waals surface area contributed by atoms with Crippen molar-refractivity contribution in [2.24, 2.45) is 5.10 Å². The van der Waals surface area contributed by atoms with Crippen molar-refractivity contribution in [3.8, 4) is 11.5 Å². The van der Waals surface area contributed by atoms with Gasteiger partial charge < -0.3 is 14.2 Å². The highest BCUT2D eigenvalue weighted by Gasteiger charge is 2.22. The molecule has 0 atom stereocenters. The van der Waals surface area contributed by atoms with E-state index in [4.69, 9.17) is 20.5 Å². The third-order valence-corrected chi connectivity index (χ3v) is 6.47. The molecule has 0 aliphatic carbocycles. The number of ether oxygens (including phenoxy) is 1. The minimum absolute atomic E-state index is 0.0687. The number of rotatable bonds is 8. The Labute approximate surface area is 215 Å². The summed E-state index contributed by atoms with van der Waals surface area (Å²) in [5.41, 5.74) is 3.71. The molecule has 0 saturated heterocycles. The van der Waals surface area contributed by atoms with E-state index in [-0.39, 0.29) is 26.8 Å². The second kappa shape index (κ2) is 11.3. The number of benzene rings is 3. The summed E-state index contributed by atoms with van der Waals surface area (Å²) in [7, 11) is -2.86. The van der Waals surface area contributed by atoms with Gasteiger partial charge in [-0.15, -0.1) is 0 Å². The Hall–Kier alpha value is -3.41. The molecule has 182 valence electrons. The highest BCUT2D eigenvalue weighted by molar-refractivity contribution is 9.10. The lowest BCUT2D eigenvalue weighted by Crippen LogP contribution is -2.17. The van der Waals surface area contributed by atoms with E-state index in [0.717, 1.165) is 0 Å². The standard InChI is InChI=1S/C23H19BrClN3O6S/c1-14(29)27-18-7-9-19(10-8-18)35(31,32)34-22-20(24)11-15(12-21(22)33-2)13-26-28-23(30)16-3-5-17(25)6-4-16/h3-13H,1-2H3,(H,27,29)(H,28,30)/b26-13-. The maximum atomic E-state index is 12.8. The Balaban J connectivity index is 1.76. The number of nitrogens with zero attached hydrogens (tertiary/aromatic N) is 1. The molecule has 0 aliphatic rings. The van der Waals surface area contributed by atoms with E-state index in [0.29, 0.717) is 21.8 Å². The number of methoxy groups -OCH3 is 1. The van der Waals surface area contributed by atoms with E-state index in [9.17, 15) is 18.0 Å². The molecule has 35 heavy (non-hydrogen) atoms. The van der Waals surface area contributed by atoms with Gasteiger partial charge in [0.1, 0.15) is 4.90 Å². The van der Waals surface area contributed by atoms with Gasteiger partial charge in [-0.3, -0.25) is 9.59 Å². The number of anilines is 1. The fourth-order valence-corrected chi connectivity index (χ4v) is 4.52. The summed E-state index contributed by atoms with van der Waals surface area (Å²) in [5, 5.41) is 6.98. The minimum Gasteiger partial charge on any atom is -0.493 e. The van der Waals surface area contributed by atoms with Crippen LogP contribution in [-0.4, -0.2) is 33.6 Å². The molecule has 0 heterocycles. The van der Waals surface area contributed by atoms with Gasteiger partial charge in [-0.2, -0.15) is 13.5 Å². The molecule has 0 spiro atoms. The first-order chi connectivity index (χ1) is 16.6. The van der Waals surface area contributed by atoms with Gasteiger partial charge in [0.25, 0.3) is 5.91 Å². The molecule has 3 rings (SSSR count). The molecular weight excluding hydrogens is 562 g/mol. The van der Waals surface area contributed by atoms with Crippen molar-refractivity contribution in [3.63, 3.8) is 0 Å². The largest absolute Gasteiger partial charge is 0.493 e. The quantitative estimate of drug-likeness (QED) is 0.228. The van der Waals surface area contributed by atoms with Gasteiger partial charge in [-0.05, 0) is 82.2 Å². The van der Waals surface area contributed by atoms with Crippen molar-refractivity contribution < 1.29 is 26.9 Å². The van der Waals surface area contributed by atoms with Gasteiger partial charge in [0, 0.05) is 23.2 Å². The molecule has 3 aromatic carbocycles. The van der Waals surface area contributed by atoms with Crippen molar-refractivity contribution in [1.82, 2.24) is 5.43 Å². The molecule has 2 N–H and O–H groups in total. The Morgan fingerprint density at radius 2 is 1.71 bits per heavy atom. The molecule has 9 nitrogen and oxygen atoms in total. The Morgan fingerprint density at radius 3 is 2.31 bits per heavy atom. The van der Waals surface area contributed by atoms with Crippen LogP contribution in [0.15, 0.2) is 75.1 Å². The van der Waals surface area contributed by atoms with Crippen LogP contribution in [0.4, 0.5) is 5.69 Å². The van der Waals surface area contributed by atoms with Crippen molar-refractivity contribution in [2.75, 3.05) is 12.4 Å². The first-order valence-electron chi connectivity index (χ1n) is 9.87. The molecule has 0 unspecified atom stereocenters. The number of hydrogen-bond acceptors (Lipinski definition) is 7. The van der Waals surface area contributed by atoms with E-state index in [1.54, 1.807) is 30.3 Å². The van der Waals surface area contributed by atoms with Crippen LogP contribution in [0.1, 0.15) is 22.8 Å². The van der Waals surface area contributed by atoms with E-state index in [2.05, 4.69) is 31.8 Å². The van der Waals surface area contributed by atoms with Gasteiger partial charge in [0.15, 0.2) is 11.5 Å². The fourth-order valence-electron chi connectivity index (χ4n) is 2.79. The van der Waals surface area contributed by atoms with Gasteiger partial charge in [0.05, 0.1) is 17.8 Å². The van der Waals surface area contributed by atoms with Crippen molar-refractivity contribution in [1.29, 1.82) is 0 Å². The maximum Gasteiger partial charge on any atom is 0.339 e. The Bertz CT molecular complexity index is 1380. The van der Waals surface area contributed by atoms with Crippen molar-refractivity contribution >= 4 is 61.4 Å². The van der Waals surface area contributed by atoms with Crippen LogP contribution >= 0.6 is 27.5 Å². The summed E-state index contributed by atoms with van der Waals surface area (Å²) in [6, 6.07) is 14.9. The molecule has 12 heteroatoms. The van der Waals surface area contributed by atoms with E-state index in [1.807, 2.05) is 0 Å². The topological polar surface area (TPSA) is 123 Å². The molecule has 0 saturated carbocycles. The number of amides is 2. The lowest BCUT2D eigenvalue weighted by Gasteiger charge is -2.13. The van der Waals surface area contributed by atoms with Crippen LogP contribution < -0.4 is 19.7 Å². The molecule has 0 aromatic heterocycles. The molecule has 0 bridgehead atoms. The molecule has 0 radical (unpaired) electrons. The number of halogens is 2. The number of hydrazone groups is 1. The highest BCUT2D eigenvalue weighted by Crippen LogP contribution is 2.38. The smallest absolute Gasteiger partial charge is 0.339 e. The summed E-state index contributed by atoms with van der Waals surface area (Å²) < 4.78 is 36.4. The van der Waals surface area contributed by atoms with Crippen LogP contribution in [-0.2, 0) is 14.9 Å². The predicted octanol–water partition coefficient (Wildman–Crippen LogP) is 4.60. The van der Waals surface area contributed by atoms with Crippen LogP contribution in [0.25, 0.3) is 0 Å². The summed E-state index contributed by atoms with van der Waals surface area (Å²) in [4.78, 5) is 23.2. The zero-order valence-electron chi connectivity index (χ0n) is 18.4. The summed E-state index contributed by atoms with van der Waals surface area (Å²) in [6.45, 7) is 1.35. The second-order valence-electron chi connectivity index (χ2n) is 6.98. The van der Waals surface area contributed by atoms with Gasteiger partial charge in [-0.25, -0.2) is 5.43 Å². The molecule has 0 aliphatic heterocycles. The monoisotopic (exact) mass is 579 g/mol. The lowest BCUT2D eigenvalue weighted by molar-refractivity contribution is -0.114. The van der Waals surface area contributed by atoms with E-state index >= 15 is 0 Å². The number of carbonyl (C=O) groups excluding carboxylic acids is 2. The first kappa shape index (κ1) is 26.2. The first-order valence-corrected chi connectivity index (χ1v) is 12.5. The summed E-state index contributed by atoms with van der Waals surface area (Å²) in [5.74, 6) is -0.665. The van der Waals surface area contributed by atoms with E-state index in [1.165, 1.54) is 50.6 Å². The van der Waals surface area contributed by atoms with Gasteiger partial charge in [-0.1, -0.05) is 11.6 Å². The molecule has 0 fully saturated rings. The van der Waals surface area contributed by atoms with Gasteiger partial charge >= 0.3 is 10.1 Å². The van der Waals surface area contributed by atoms with Crippen molar-refractivity contribution in [3.05, 3.63) is 81.3 Å². The third-order valence-electron chi connectivity index (χ3n) is 4.39. The number of carbonyl (C=O) groups is 2. The minimum atomic E-state index is -4.21. The zero-order chi connectivity index (χ0) is 25.6. The summed E-state index contributed by atoms with van der Waals surface area (Å²) in [6.07, 6.45) is 1.36. The summed E-state index contributed by atoms with van der Waals surface area (Å²) >= 11 is 9.10. The van der Waals surface area contributed by atoms with Crippen LogP contribution in [0.5, 0.6) is 11.5 Å². The number of hydrogen-bond donors (Lipinski definition) is 2. The normalized spacial score (nSPS) is 11.2. The molecular formula is C23H19BrClN3O6S. The highest BCUT2D eigenvalue weighted by atomic mass is 79.9. The predicted molar refractivity (Wildman–Crippen MR) is 136 cm³/mol. The Kier molecular flexibility index (Phi) is 8.49. The van der Waals surface area contributed by atoms with Gasteiger partial charge in [0.2, 0.25) is 5.91 Å². The zero-order valence-corrected chi connectivity index (χ0v) is 21.6. The van der Waals surface area contributed by atoms with Crippen LogP contribution in [0.3, 0.4) is 0 Å². The average molecular weight is 581 g/mol.